The molecule has 0 aliphatic carbocycles. The van der Waals surface area contributed by atoms with E-state index in [-0.39, 0.29) is 92.2 Å². The lowest BCUT2D eigenvalue weighted by Gasteiger charge is -2.29. The summed E-state index contributed by atoms with van der Waals surface area (Å²) in [6.45, 7) is -8.14. The van der Waals surface area contributed by atoms with E-state index in [2.05, 4.69) is 45.9 Å². The number of halogens is 3. The number of imidazole rings is 2. The summed E-state index contributed by atoms with van der Waals surface area (Å²) in [5, 5.41) is 7.87. The number of fused-ring (bicyclic) bond motifs is 4. The number of amides is 7. The number of Topliss-reactive ketones (excluding diaryl/α,β-unsaturated/α-hetero) is 1. The van der Waals surface area contributed by atoms with Crippen LogP contribution in [0.1, 0.15) is 69.7 Å². The van der Waals surface area contributed by atoms with Gasteiger partial charge in [0.1, 0.15) is 67.5 Å². The molecule has 5 aliphatic rings. The molecule has 4 fully saturated rings. The Balaban J connectivity index is 0.712. The van der Waals surface area contributed by atoms with Crippen molar-refractivity contribution in [1.29, 1.82) is 0 Å². The van der Waals surface area contributed by atoms with Gasteiger partial charge in [0.2, 0.25) is 11.8 Å². The van der Waals surface area contributed by atoms with Gasteiger partial charge in [-0.05, 0) is 60.1 Å². The summed E-state index contributed by atoms with van der Waals surface area (Å²) in [5.74, 6) is -4.93. The van der Waals surface area contributed by atoms with E-state index < -0.39 is 166 Å². The number of primary amides is 1. The predicted molar refractivity (Wildman–Crippen MR) is 324 cm³/mol. The summed E-state index contributed by atoms with van der Waals surface area (Å²) in [4.78, 5) is 152. The van der Waals surface area contributed by atoms with Crippen molar-refractivity contribution in [3.05, 3.63) is 73.0 Å². The highest BCUT2D eigenvalue weighted by Crippen LogP contribution is 2.55. The molecule has 2 unspecified atom stereocenters. The van der Waals surface area contributed by atoms with Gasteiger partial charge in [0.15, 0.2) is 47.7 Å². The Morgan fingerprint density at radius 1 is 0.819 bits per heavy atom. The van der Waals surface area contributed by atoms with Crippen LogP contribution in [0.25, 0.3) is 22.3 Å². The first-order valence-electron chi connectivity index (χ1n) is 29.2. The molecular weight excluding hydrogens is 1330 g/mol. The summed E-state index contributed by atoms with van der Waals surface area (Å²) >= 11 is 10.5. The third-order valence-corrected chi connectivity index (χ3v) is 18.9. The number of alkyl halides is 3. The van der Waals surface area contributed by atoms with E-state index in [1.807, 2.05) is 0 Å². The SMILES string of the molecule is CC(C)[C@H](NC(=O)CCN1C(=O)C=CC1=O)C(=O)C[C@@H](CCCNC(N)=O)C(=O)Nc1ccc(COC(=O)N2C[C@@H](F)C[C@H]2COC(=O)Cc2ncnc3c2ncn3[C@@H]2O[C@@H]3COP(O)(=S)O[C@H]4[C@@H](F)[C@H](n5cnc6c(N)ncnc65)O[C@@H]4COP(O)(=S)O[C@H]3[C@H]2F)cc1. The van der Waals surface area contributed by atoms with E-state index in [0.717, 1.165) is 45.5 Å². The maximum absolute atomic E-state index is 16.8. The molecule has 40 heteroatoms. The van der Waals surface area contributed by atoms with Crippen LogP contribution in [-0.2, 0) is 102 Å². The average Bonchev–Trinajstić information content (AvgIpc) is 1.62. The van der Waals surface area contributed by atoms with Gasteiger partial charge in [0, 0.05) is 56.1 Å². The summed E-state index contributed by atoms with van der Waals surface area (Å²) in [5.41, 5.74) is 12.1. The summed E-state index contributed by atoms with van der Waals surface area (Å²) < 4.78 is 95.9. The summed E-state index contributed by atoms with van der Waals surface area (Å²) in [6.07, 6.45) is -10.4. The number of nitrogens with zero attached hydrogens (tertiary/aromatic N) is 10. The molecule has 9 N–H and O–H groups in total. The van der Waals surface area contributed by atoms with Gasteiger partial charge in [-0.25, -0.2) is 52.7 Å². The molecule has 4 aromatic heterocycles. The number of likely N-dealkylation sites (tertiary alicyclic amines) is 1. The van der Waals surface area contributed by atoms with Crippen molar-refractivity contribution in [3.63, 3.8) is 0 Å². The number of urea groups is 1. The van der Waals surface area contributed by atoms with Crippen LogP contribution in [0.2, 0.25) is 0 Å². The van der Waals surface area contributed by atoms with Gasteiger partial charge < -0.3 is 65.2 Å². The second kappa shape index (κ2) is 29.6. The molecule has 0 radical (unpaired) electrons. The number of ketones is 1. The number of ether oxygens (including phenoxy) is 4. The maximum atomic E-state index is 16.8. The zero-order valence-corrected chi connectivity index (χ0v) is 53.3. The molecule has 94 heavy (non-hydrogen) atoms. The van der Waals surface area contributed by atoms with Crippen LogP contribution >= 0.6 is 13.4 Å². The number of esters is 1. The zero-order chi connectivity index (χ0) is 67.3. The van der Waals surface area contributed by atoms with Gasteiger partial charge in [0.25, 0.3) is 11.8 Å². The van der Waals surface area contributed by atoms with Crippen LogP contribution in [0.5, 0.6) is 0 Å². The number of benzene rings is 1. The number of hydrogen-bond donors (Lipinski definition) is 7. The smallest absolute Gasteiger partial charge is 0.410 e. The number of carbonyl (C=O) groups is 8. The third-order valence-electron chi connectivity index (χ3n) is 15.8. The van der Waals surface area contributed by atoms with Gasteiger partial charge >= 0.3 is 31.5 Å². The first kappa shape index (κ1) is 69.2. The molecule has 5 aliphatic heterocycles. The number of hydrogen-bond acceptors (Lipinski definition) is 25. The van der Waals surface area contributed by atoms with Crippen LogP contribution < -0.4 is 27.4 Å². The molecule has 0 saturated carbocycles. The first-order chi connectivity index (χ1) is 44.7. The Bertz CT molecular complexity index is 3820. The molecule has 14 atom stereocenters. The summed E-state index contributed by atoms with van der Waals surface area (Å²) in [6, 6.07) is 3.39. The number of nitrogen functional groups attached to an aromatic ring is 1. The van der Waals surface area contributed by atoms with Crippen LogP contribution in [0, 0.1) is 11.8 Å². The Hall–Kier alpha value is -7.61. The van der Waals surface area contributed by atoms with E-state index in [0.29, 0.717) is 11.3 Å². The Morgan fingerprint density at radius 3 is 2.02 bits per heavy atom. The molecule has 506 valence electrons. The number of anilines is 2. The van der Waals surface area contributed by atoms with Gasteiger partial charge in [-0.2, -0.15) is 0 Å². The molecule has 10 rings (SSSR count). The molecule has 0 spiro atoms. The molecule has 33 nitrogen and oxygen atoms in total. The van der Waals surface area contributed by atoms with Gasteiger partial charge in [0.05, 0.1) is 56.6 Å². The van der Waals surface area contributed by atoms with E-state index in [9.17, 15) is 52.5 Å². The molecule has 1 aromatic carbocycles. The van der Waals surface area contributed by atoms with Crippen LogP contribution in [0.15, 0.2) is 61.7 Å². The number of carbonyl (C=O) groups excluding carboxylic acids is 8. The minimum atomic E-state index is -4.45. The van der Waals surface area contributed by atoms with E-state index in [4.69, 9.17) is 72.1 Å². The lowest BCUT2D eigenvalue weighted by Crippen LogP contribution is -2.46. The fraction of sp³-hybridized carbons (Fsp3) is 0.519. The predicted octanol–water partition coefficient (Wildman–Crippen LogP) is 2.22. The van der Waals surface area contributed by atoms with E-state index >= 15 is 8.78 Å². The number of aromatic nitrogens is 8. The van der Waals surface area contributed by atoms with Gasteiger partial charge in [-0.15, -0.1) is 0 Å². The highest BCUT2D eigenvalue weighted by Gasteiger charge is 2.54. The van der Waals surface area contributed by atoms with Crippen molar-refractivity contribution in [3.8, 4) is 0 Å². The van der Waals surface area contributed by atoms with E-state index in [1.165, 1.54) is 23.0 Å². The molecule has 0 bridgehead atoms. The first-order valence-corrected chi connectivity index (χ1v) is 34.4. The third kappa shape index (κ3) is 16.4. The lowest BCUT2D eigenvalue weighted by atomic mass is 9.89. The van der Waals surface area contributed by atoms with Gasteiger partial charge in [-0.3, -0.25) is 56.7 Å². The van der Waals surface area contributed by atoms with Crippen molar-refractivity contribution in [2.45, 2.75) is 126 Å². The van der Waals surface area contributed by atoms with Crippen LogP contribution in [0.4, 0.5) is 34.3 Å². The van der Waals surface area contributed by atoms with Crippen molar-refractivity contribution in [2.24, 2.45) is 17.6 Å². The Kier molecular flexibility index (Phi) is 21.8. The van der Waals surface area contributed by atoms with Crippen molar-refractivity contribution in [1.82, 2.24) is 59.5 Å². The van der Waals surface area contributed by atoms with Gasteiger partial charge in [-0.1, -0.05) is 26.0 Å². The lowest BCUT2D eigenvalue weighted by molar-refractivity contribution is -0.144. The second-order valence-corrected chi connectivity index (χ2v) is 28.2. The van der Waals surface area contributed by atoms with Crippen molar-refractivity contribution < 1.29 is 98.4 Å². The number of imide groups is 1. The zero-order valence-electron chi connectivity index (χ0n) is 49.9. The fourth-order valence-electron chi connectivity index (χ4n) is 11.1. The number of rotatable bonds is 22. The minimum absolute atomic E-state index is 0.00372. The number of nitrogens with two attached hydrogens (primary N) is 2. The van der Waals surface area contributed by atoms with Crippen LogP contribution in [0.3, 0.4) is 0 Å². The van der Waals surface area contributed by atoms with Crippen molar-refractivity contribution >= 4 is 118 Å². The monoisotopic (exact) mass is 1390 g/mol. The fourth-order valence-corrected chi connectivity index (χ4v) is 14.0. The normalized spacial score (nSPS) is 27.7. The minimum Gasteiger partial charge on any atom is -0.463 e. The van der Waals surface area contributed by atoms with Crippen molar-refractivity contribution in [2.75, 3.05) is 50.5 Å². The standard InChI is InChI=1S/C54H64F3N15O18P2S2/c1-26(2)42(68-36(74)11-13-69-37(75)9-10-38(69)76)33(73)14-28(4-3-12-60-53(59)79)50(78)67-30-7-5-27(6-8-30)18-84-54(80)70-17-29(55)15-31(70)19-83-39(77)16-32-43-48(63-22-61-32)71(24-65-43)51-40(56)45-34(87-51)20-85-92(82,94)90-46-35(21-86-91(81,93)89-45)88-52(41(46)57)72-25-66-44-47(58)62-23-64-49(44)72/h5-10,22-26,28-29,31,34-35,40-42,45-46,51-52H,3-4,11-21H2,1-2H3,(H,67,78)(H,68,74)(H,81,93)(H,82,94)(H2,58,62,64)(H3,59,60,79)/t28-,29+,31+,34-,35-,40-,41-,42+,45-,46-,51-,52-,91?,92?/m1/s1. The average molecular weight is 1390 g/mol. The highest BCUT2D eigenvalue weighted by molar-refractivity contribution is 8.07. The molecule has 7 amide bonds. The largest absolute Gasteiger partial charge is 0.463 e. The maximum Gasteiger partial charge on any atom is 0.410 e. The topological polar surface area (TPSA) is 433 Å². The molecule has 9 heterocycles. The molecule has 5 aromatic rings. The Labute approximate surface area is 541 Å². The second-order valence-electron chi connectivity index (χ2n) is 22.7. The molecule has 4 saturated heterocycles. The quantitative estimate of drug-likeness (QED) is 0.0226. The Morgan fingerprint density at radius 2 is 1.41 bits per heavy atom. The van der Waals surface area contributed by atoms with Crippen LogP contribution in [-0.4, -0.2) is 201 Å². The number of nitrogens with one attached hydrogen (secondary N) is 3. The highest BCUT2D eigenvalue weighted by atomic mass is 32.5. The summed E-state index contributed by atoms with van der Waals surface area (Å²) in [7, 11) is 0. The van der Waals surface area contributed by atoms with E-state index in [1.54, 1.807) is 26.0 Å². The molecular formula is C54H64F3N15O18P2S2.